The number of aromatic nitrogens is 1. The number of hydrogen-bond acceptors (Lipinski definition) is 3. The average Bonchev–Trinajstić information content (AvgIpc) is 2.32. The molecule has 0 spiro atoms. The van der Waals surface area contributed by atoms with Gasteiger partial charge in [0, 0.05) is 16.4 Å². The number of carbonyl (C=O) groups is 1. The van der Waals surface area contributed by atoms with Crippen LogP contribution < -0.4 is 11.1 Å². The Balaban J connectivity index is 2.25. The number of pyridine rings is 1. The molecule has 1 aromatic carbocycles. The molecule has 0 saturated carbocycles. The molecule has 19 heavy (non-hydrogen) atoms. The monoisotopic (exact) mass is 319 g/mol. The summed E-state index contributed by atoms with van der Waals surface area (Å²) >= 11 is 3.33. The van der Waals surface area contributed by atoms with Crippen LogP contribution in [0.2, 0.25) is 0 Å². The van der Waals surface area contributed by atoms with Crippen LogP contribution in [-0.4, -0.2) is 10.9 Å². The van der Waals surface area contributed by atoms with Crippen molar-refractivity contribution in [3.63, 3.8) is 0 Å². The van der Waals surface area contributed by atoms with Crippen molar-refractivity contribution in [1.29, 1.82) is 0 Å². The number of nitrogens with zero attached hydrogens (tertiary/aromatic N) is 1. The van der Waals surface area contributed by atoms with Crippen molar-refractivity contribution < 1.29 is 4.79 Å². The summed E-state index contributed by atoms with van der Waals surface area (Å²) in [5.41, 5.74) is 8.67. The normalized spacial score (nSPS) is 10.3. The molecule has 3 N–H and O–H groups in total. The first-order chi connectivity index (χ1) is 8.97. The predicted octanol–water partition coefficient (Wildman–Crippen LogP) is 3.30. The minimum Gasteiger partial charge on any atom is -0.398 e. The van der Waals surface area contributed by atoms with E-state index in [1.54, 1.807) is 18.3 Å². The Kier molecular flexibility index (Phi) is 3.85. The summed E-state index contributed by atoms with van der Waals surface area (Å²) in [6.45, 7) is 3.81. The third-order valence-electron chi connectivity index (χ3n) is 2.73. The van der Waals surface area contributed by atoms with Crippen LogP contribution in [0.25, 0.3) is 0 Å². The minimum atomic E-state index is -0.254. The van der Waals surface area contributed by atoms with Crippen molar-refractivity contribution in [1.82, 2.24) is 4.98 Å². The first kappa shape index (κ1) is 13.5. The Morgan fingerprint density at radius 2 is 2.05 bits per heavy atom. The van der Waals surface area contributed by atoms with Gasteiger partial charge in [-0.2, -0.15) is 0 Å². The van der Waals surface area contributed by atoms with Gasteiger partial charge in [0.15, 0.2) is 0 Å². The molecule has 5 heteroatoms. The molecular weight excluding hydrogens is 306 g/mol. The summed E-state index contributed by atoms with van der Waals surface area (Å²) in [5, 5.41) is 2.76. The van der Waals surface area contributed by atoms with Crippen molar-refractivity contribution in [3.8, 4) is 0 Å². The molecule has 1 aromatic heterocycles. The number of aryl methyl sites for hydroxylation is 2. The molecule has 0 aliphatic heterocycles. The number of carbonyl (C=O) groups excluding carboxylic acids is 1. The van der Waals surface area contributed by atoms with E-state index in [0.717, 1.165) is 15.6 Å². The molecule has 0 saturated heterocycles. The van der Waals surface area contributed by atoms with Crippen molar-refractivity contribution in [2.45, 2.75) is 13.8 Å². The van der Waals surface area contributed by atoms with E-state index in [1.165, 1.54) is 0 Å². The Labute approximate surface area is 120 Å². The zero-order valence-electron chi connectivity index (χ0n) is 10.7. The molecule has 98 valence electrons. The molecular formula is C14H14BrN3O. The zero-order valence-corrected chi connectivity index (χ0v) is 12.3. The maximum absolute atomic E-state index is 12.1. The number of halogens is 1. The van der Waals surface area contributed by atoms with E-state index >= 15 is 0 Å². The fourth-order valence-electron chi connectivity index (χ4n) is 1.74. The van der Waals surface area contributed by atoms with Gasteiger partial charge in [0.25, 0.3) is 5.91 Å². The molecule has 2 aromatic rings. The first-order valence-electron chi connectivity index (χ1n) is 5.77. The fraction of sp³-hybridized carbons (Fsp3) is 0.143. The molecule has 0 unspecified atom stereocenters. The second kappa shape index (κ2) is 5.40. The van der Waals surface area contributed by atoms with Crippen molar-refractivity contribution in [3.05, 3.63) is 51.6 Å². The van der Waals surface area contributed by atoms with Crippen molar-refractivity contribution in [2.24, 2.45) is 0 Å². The largest absolute Gasteiger partial charge is 0.398 e. The van der Waals surface area contributed by atoms with Crippen LogP contribution in [0, 0.1) is 13.8 Å². The SMILES string of the molecule is Cc1ccc(C(=O)Nc2ncc(Br)cc2C)c(N)c1. The van der Waals surface area contributed by atoms with E-state index in [4.69, 9.17) is 5.73 Å². The molecule has 1 amide bonds. The van der Waals surface area contributed by atoms with Gasteiger partial charge >= 0.3 is 0 Å². The molecule has 4 nitrogen and oxygen atoms in total. The Morgan fingerprint density at radius 3 is 2.68 bits per heavy atom. The lowest BCUT2D eigenvalue weighted by atomic mass is 10.1. The van der Waals surface area contributed by atoms with Crippen molar-refractivity contribution in [2.75, 3.05) is 11.1 Å². The number of hydrogen-bond donors (Lipinski definition) is 2. The van der Waals surface area contributed by atoms with Crippen LogP contribution in [0.4, 0.5) is 11.5 Å². The predicted molar refractivity (Wildman–Crippen MR) is 80.2 cm³/mol. The number of anilines is 2. The second-order valence-electron chi connectivity index (χ2n) is 4.36. The van der Waals surface area contributed by atoms with E-state index in [0.29, 0.717) is 17.1 Å². The van der Waals surface area contributed by atoms with E-state index in [1.807, 2.05) is 26.0 Å². The summed E-state index contributed by atoms with van der Waals surface area (Å²) in [7, 11) is 0. The van der Waals surface area contributed by atoms with Crippen LogP contribution in [0.15, 0.2) is 34.9 Å². The summed E-state index contributed by atoms with van der Waals surface area (Å²) in [6.07, 6.45) is 1.64. The Morgan fingerprint density at radius 1 is 1.32 bits per heavy atom. The van der Waals surface area contributed by atoms with Gasteiger partial charge in [0.1, 0.15) is 5.82 Å². The first-order valence-corrected chi connectivity index (χ1v) is 6.56. The average molecular weight is 320 g/mol. The van der Waals surface area contributed by atoms with Gasteiger partial charge in [0.05, 0.1) is 5.56 Å². The lowest BCUT2D eigenvalue weighted by Crippen LogP contribution is -2.15. The summed E-state index contributed by atoms with van der Waals surface area (Å²) in [5.74, 6) is 0.281. The fourth-order valence-corrected chi connectivity index (χ4v) is 2.18. The van der Waals surface area contributed by atoms with E-state index < -0.39 is 0 Å². The van der Waals surface area contributed by atoms with E-state index in [-0.39, 0.29) is 5.91 Å². The number of rotatable bonds is 2. The highest BCUT2D eigenvalue weighted by atomic mass is 79.9. The Bertz CT molecular complexity index is 641. The van der Waals surface area contributed by atoms with Crippen molar-refractivity contribution >= 4 is 33.3 Å². The van der Waals surface area contributed by atoms with Crippen LogP contribution in [-0.2, 0) is 0 Å². The highest BCUT2D eigenvalue weighted by molar-refractivity contribution is 9.10. The molecule has 0 aliphatic rings. The number of nitrogen functional groups attached to an aromatic ring is 1. The third kappa shape index (κ3) is 3.12. The molecule has 0 fully saturated rings. The quantitative estimate of drug-likeness (QED) is 0.834. The molecule has 2 rings (SSSR count). The van der Waals surface area contributed by atoms with Gasteiger partial charge in [-0.05, 0) is 59.1 Å². The molecule has 0 bridgehead atoms. The number of benzene rings is 1. The maximum atomic E-state index is 12.1. The molecule has 1 heterocycles. The van der Waals surface area contributed by atoms with Crippen LogP contribution in [0.1, 0.15) is 21.5 Å². The minimum absolute atomic E-state index is 0.254. The number of nitrogens with one attached hydrogen (secondary N) is 1. The molecule has 0 radical (unpaired) electrons. The van der Waals surface area contributed by atoms with Crippen LogP contribution >= 0.6 is 15.9 Å². The highest BCUT2D eigenvalue weighted by Crippen LogP contribution is 2.19. The topological polar surface area (TPSA) is 68.0 Å². The zero-order chi connectivity index (χ0) is 14.0. The van der Waals surface area contributed by atoms with E-state index in [2.05, 4.69) is 26.2 Å². The van der Waals surface area contributed by atoms with Gasteiger partial charge in [-0.1, -0.05) is 6.07 Å². The summed E-state index contributed by atoms with van der Waals surface area (Å²) < 4.78 is 0.873. The van der Waals surface area contributed by atoms with Crippen LogP contribution in [0.3, 0.4) is 0 Å². The lowest BCUT2D eigenvalue weighted by molar-refractivity contribution is 0.102. The maximum Gasteiger partial charge on any atom is 0.258 e. The number of amides is 1. The highest BCUT2D eigenvalue weighted by Gasteiger charge is 2.11. The van der Waals surface area contributed by atoms with E-state index in [9.17, 15) is 4.79 Å². The second-order valence-corrected chi connectivity index (χ2v) is 5.28. The van der Waals surface area contributed by atoms with Gasteiger partial charge < -0.3 is 11.1 Å². The van der Waals surface area contributed by atoms with Gasteiger partial charge in [-0.3, -0.25) is 4.79 Å². The molecule has 0 atom stereocenters. The van der Waals surface area contributed by atoms with Gasteiger partial charge in [-0.25, -0.2) is 4.98 Å². The number of nitrogens with two attached hydrogens (primary N) is 1. The standard InChI is InChI=1S/C14H14BrN3O/c1-8-3-4-11(12(16)5-8)14(19)18-13-9(2)6-10(15)7-17-13/h3-7H,16H2,1-2H3,(H,17,18,19). The van der Waals surface area contributed by atoms with Gasteiger partial charge in [0.2, 0.25) is 0 Å². The van der Waals surface area contributed by atoms with Gasteiger partial charge in [-0.15, -0.1) is 0 Å². The molecule has 0 aliphatic carbocycles. The smallest absolute Gasteiger partial charge is 0.258 e. The summed E-state index contributed by atoms with van der Waals surface area (Å²) in [6, 6.07) is 7.24. The third-order valence-corrected chi connectivity index (χ3v) is 3.16. The Hall–Kier alpha value is -1.88. The van der Waals surface area contributed by atoms with Crippen LogP contribution in [0.5, 0.6) is 0 Å². The lowest BCUT2D eigenvalue weighted by Gasteiger charge is -2.09. The summed E-state index contributed by atoms with van der Waals surface area (Å²) in [4.78, 5) is 16.3.